The second-order valence-electron chi connectivity index (χ2n) is 6.84. The predicted molar refractivity (Wildman–Crippen MR) is 106 cm³/mol. The average Bonchev–Trinajstić information content (AvgIpc) is 2.64. The van der Waals surface area contributed by atoms with Crippen molar-refractivity contribution in [2.75, 3.05) is 13.1 Å². The highest BCUT2D eigenvalue weighted by Gasteiger charge is 2.35. The first-order valence-corrected chi connectivity index (χ1v) is 9.59. The molecule has 0 unspecified atom stereocenters. The summed E-state index contributed by atoms with van der Waals surface area (Å²) in [6.07, 6.45) is 3.20. The molecule has 1 aliphatic rings. The summed E-state index contributed by atoms with van der Waals surface area (Å²) < 4.78 is 1.17. The van der Waals surface area contributed by atoms with Gasteiger partial charge in [-0.3, -0.25) is 19.0 Å². The third-order valence-electron chi connectivity index (χ3n) is 4.90. The van der Waals surface area contributed by atoms with Crippen molar-refractivity contribution in [2.45, 2.75) is 25.8 Å². The molecule has 0 bridgehead atoms. The van der Waals surface area contributed by atoms with Gasteiger partial charge < -0.3 is 4.90 Å². The fourth-order valence-corrected chi connectivity index (χ4v) is 3.75. The Morgan fingerprint density at radius 1 is 1.11 bits per heavy atom. The summed E-state index contributed by atoms with van der Waals surface area (Å²) in [5.41, 5.74) is -0.250. The molecule has 0 radical (unpaired) electrons. The summed E-state index contributed by atoms with van der Waals surface area (Å²) in [4.78, 5) is 40.5. The molecule has 2 aromatic rings. The van der Waals surface area contributed by atoms with Gasteiger partial charge in [-0.05, 0) is 43.0 Å². The first-order valence-electron chi connectivity index (χ1n) is 8.83. The minimum absolute atomic E-state index is 0.154. The van der Waals surface area contributed by atoms with Gasteiger partial charge in [-0.25, -0.2) is 0 Å². The van der Waals surface area contributed by atoms with Gasteiger partial charge >= 0.3 is 0 Å². The molecule has 0 aliphatic carbocycles. The summed E-state index contributed by atoms with van der Waals surface area (Å²) in [6, 6.07) is 7.71. The summed E-state index contributed by atoms with van der Waals surface area (Å²) >= 11 is 12.1. The minimum Gasteiger partial charge on any atom is -0.340 e. The number of Topliss-reactive ketones (excluding diaryl/α,β-unsaturated/α-hetero) is 1. The van der Waals surface area contributed by atoms with E-state index in [-0.39, 0.29) is 16.5 Å². The van der Waals surface area contributed by atoms with E-state index >= 15 is 0 Å². The molecule has 1 fully saturated rings. The van der Waals surface area contributed by atoms with Crippen molar-refractivity contribution in [3.63, 3.8) is 0 Å². The highest BCUT2D eigenvalue weighted by Crippen LogP contribution is 2.27. The van der Waals surface area contributed by atoms with E-state index in [2.05, 4.69) is 6.92 Å². The van der Waals surface area contributed by atoms with Gasteiger partial charge in [0.25, 0.3) is 11.5 Å². The maximum absolute atomic E-state index is 13.2. The van der Waals surface area contributed by atoms with E-state index in [1.807, 2.05) is 0 Å². The van der Waals surface area contributed by atoms with Gasteiger partial charge in [0, 0.05) is 35.9 Å². The lowest BCUT2D eigenvalue weighted by Gasteiger charge is -2.33. The van der Waals surface area contributed by atoms with Crippen LogP contribution in [0, 0.1) is 5.92 Å². The molecule has 142 valence electrons. The van der Waals surface area contributed by atoms with Crippen LogP contribution in [0.25, 0.3) is 0 Å². The molecule has 1 aliphatic heterocycles. The number of carbonyl (C=O) groups is 2. The molecular formula is C20H20Cl2N2O3. The Morgan fingerprint density at radius 3 is 2.44 bits per heavy atom. The quantitative estimate of drug-likeness (QED) is 0.572. The van der Waals surface area contributed by atoms with Crippen molar-refractivity contribution in [3.05, 3.63) is 68.6 Å². The molecule has 0 N–H and O–H groups in total. The smallest absolute Gasteiger partial charge is 0.253 e. The second kappa shape index (κ2) is 8.28. The number of piperidine rings is 1. The Labute approximate surface area is 167 Å². The van der Waals surface area contributed by atoms with Crippen LogP contribution in [0.3, 0.4) is 0 Å². The summed E-state index contributed by atoms with van der Waals surface area (Å²) in [6.45, 7) is 3.28. The molecule has 0 spiro atoms. The molecule has 1 aromatic heterocycles. The van der Waals surface area contributed by atoms with Crippen LogP contribution < -0.4 is 5.56 Å². The number of hydrogen-bond donors (Lipinski definition) is 0. The number of rotatable bonds is 4. The van der Waals surface area contributed by atoms with E-state index < -0.39 is 17.4 Å². The van der Waals surface area contributed by atoms with Crippen molar-refractivity contribution >= 4 is 34.9 Å². The van der Waals surface area contributed by atoms with Gasteiger partial charge in [-0.1, -0.05) is 36.2 Å². The maximum Gasteiger partial charge on any atom is 0.253 e. The van der Waals surface area contributed by atoms with E-state index in [1.54, 1.807) is 23.1 Å². The molecule has 1 amide bonds. The monoisotopic (exact) mass is 406 g/mol. The largest absolute Gasteiger partial charge is 0.340 e. The zero-order valence-corrected chi connectivity index (χ0v) is 16.4. The van der Waals surface area contributed by atoms with Gasteiger partial charge in [0.05, 0.1) is 5.02 Å². The zero-order valence-electron chi connectivity index (χ0n) is 14.9. The van der Waals surface area contributed by atoms with Gasteiger partial charge in [0.2, 0.25) is 0 Å². The Bertz CT molecular complexity index is 917. The molecule has 7 heteroatoms. The summed E-state index contributed by atoms with van der Waals surface area (Å²) in [5.74, 6) is -0.367. The molecule has 0 saturated carbocycles. The number of ketones is 1. The van der Waals surface area contributed by atoms with Crippen LogP contribution in [0.1, 0.15) is 36.2 Å². The van der Waals surface area contributed by atoms with Crippen LogP contribution in [0.4, 0.5) is 0 Å². The Hall–Kier alpha value is -2.11. The number of carbonyl (C=O) groups excluding carboxylic acids is 2. The minimum atomic E-state index is -1.29. The average molecular weight is 407 g/mol. The van der Waals surface area contributed by atoms with Crippen molar-refractivity contribution in [1.29, 1.82) is 0 Å². The number of nitrogens with zero attached hydrogens (tertiary/aromatic N) is 2. The van der Waals surface area contributed by atoms with Crippen LogP contribution in [0.15, 0.2) is 47.4 Å². The van der Waals surface area contributed by atoms with Crippen LogP contribution in [-0.2, 0) is 4.79 Å². The standard InChI is InChI=1S/C20H20Cl2N2O3/c1-13-7-10-23(11-8-13)20(27)18(24-9-3-2-4-17(24)25)19(26)15-6-5-14(21)12-16(15)22/h2-6,9,12-13,18H,7-8,10-11H2,1H3/t18-/m1/s1. The highest BCUT2D eigenvalue weighted by atomic mass is 35.5. The predicted octanol–water partition coefficient (Wildman–Crippen LogP) is 3.84. The van der Waals surface area contributed by atoms with Crippen molar-refractivity contribution < 1.29 is 9.59 Å². The van der Waals surface area contributed by atoms with Crippen LogP contribution in [0.2, 0.25) is 10.0 Å². The highest BCUT2D eigenvalue weighted by molar-refractivity contribution is 6.37. The molecule has 3 rings (SSSR count). The molecule has 1 aromatic carbocycles. The fraction of sp³-hybridized carbons (Fsp3) is 0.350. The number of amides is 1. The molecule has 5 nitrogen and oxygen atoms in total. The number of pyridine rings is 1. The van der Waals surface area contributed by atoms with Gasteiger partial charge in [-0.2, -0.15) is 0 Å². The molecule has 1 saturated heterocycles. The normalized spacial score (nSPS) is 16.2. The number of hydrogen-bond acceptors (Lipinski definition) is 3. The SMILES string of the molecule is CC1CCN(C(=O)[C@@H](C(=O)c2ccc(Cl)cc2Cl)n2ccccc2=O)CC1. The van der Waals surface area contributed by atoms with E-state index in [4.69, 9.17) is 23.2 Å². The lowest BCUT2D eigenvalue weighted by atomic mass is 9.97. The lowest BCUT2D eigenvalue weighted by Crippen LogP contribution is -2.46. The van der Waals surface area contributed by atoms with Crippen molar-refractivity contribution in [1.82, 2.24) is 9.47 Å². The van der Waals surface area contributed by atoms with E-state index in [0.29, 0.717) is 24.0 Å². The van der Waals surface area contributed by atoms with Crippen LogP contribution in [0.5, 0.6) is 0 Å². The Balaban J connectivity index is 2.02. The van der Waals surface area contributed by atoms with E-state index in [0.717, 1.165) is 12.8 Å². The van der Waals surface area contributed by atoms with Crippen LogP contribution >= 0.6 is 23.2 Å². The first-order chi connectivity index (χ1) is 12.9. The van der Waals surface area contributed by atoms with Gasteiger partial charge in [-0.15, -0.1) is 0 Å². The van der Waals surface area contributed by atoms with Gasteiger partial charge in [0.15, 0.2) is 11.8 Å². The van der Waals surface area contributed by atoms with E-state index in [1.165, 1.54) is 29.0 Å². The number of aromatic nitrogens is 1. The van der Waals surface area contributed by atoms with Crippen LogP contribution in [-0.4, -0.2) is 34.2 Å². The third-order valence-corrected chi connectivity index (χ3v) is 5.45. The molecule has 1 atom stereocenters. The topological polar surface area (TPSA) is 59.4 Å². The molecule has 27 heavy (non-hydrogen) atoms. The maximum atomic E-state index is 13.2. The molecular weight excluding hydrogens is 387 g/mol. The van der Waals surface area contributed by atoms with Gasteiger partial charge in [0.1, 0.15) is 0 Å². The number of benzene rings is 1. The Morgan fingerprint density at radius 2 is 1.81 bits per heavy atom. The third kappa shape index (κ3) is 4.25. The summed E-state index contributed by atoms with van der Waals surface area (Å²) in [5, 5.41) is 0.544. The fourth-order valence-electron chi connectivity index (χ4n) is 3.25. The molecule has 2 heterocycles. The van der Waals surface area contributed by atoms with Crippen molar-refractivity contribution in [2.24, 2.45) is 5.92 Å². The first kappa shape index (κ1) is 19.6. The number of likely N-dealkylation sites (tertiary alicyclic amines) is 1. The zero-order chi connectivity index (χ0) is 19.6. The van der Waals surface area contributed by atoms with E-state index in [9.17, 15) is 14.4 Å². The summed E-state index contributed by atoms with van der Waals surface area (Å²) in [7, 11) is 0. The lowest BCUT2D eigenvalue weighted by molar-refractivity contribution is -0.134. The Kier molecular flexibility index (Phi) is 6.02. The van der Waals surface area contributed by atoms with Crippen molar-refractivity contribution in [3.8, 4) is 0 Å². The number of halogens is 2. The second-order valence-corrected chi connectivity index (χ2v) is 7.69.